The predicted octanol–water partition coefficient (Wildman–Crippen LogP) is 5.20. The maximum atomic E-state index is 13.2. The number of hydrogen-bond acceptors (Lipinski definition) is 4. The van der Waals surface area contributed by atoms with Crippen LogP contribution in [-0.4, -0.2) is 21.4 Å². The van der Waals surface area contributed by atoms with Crippen molar-refractivity contribution in [2.45, 2.75) is 6.92 Å². The zero-order valence-corrected chi connectivity index (χ0v) is 19.7. The summed E-state index contributed by atoms with van der Waals surface area (Å²) in [5.74, 6) is -0.375. The van der Waals surface area contributed by atoms with Crippen LogP contribution in [0, 0.1) is 6.92 Å². The van der Waals surface area contributed by atoms with Crippen LogP contribution in [0.5, 0.6) is 5.88 Å². The molecule has 0 saturated heterocycles. The number of nitrogens with zero attached hydrogens (tertiary/aromatic N) is 4. The molecule has 2 heterocycles. The maximum Gasteiger partial charge on any atom is 0.281 e. The highest BCUT2D eigenvalue weighted by atomic mass is 16.3. The molecule has 0 saturated carbocycles. The molecule has 36 heavy (non-hydrogen) atoms. The van der Waals surface area contributed by atoms with Gasteiger partial charge in [0, 0.05) is 11.1 Å². The molecule has 1 aliphatic rings. The fourth-order valence-electron chi connectivity index (χ4n) is 3.94. The van der Waals surface area contributed by atoms with Gasteiger partial charge >= 0.3 is 0 Å². The zero-order valence-electron chi connectivity index (χ0n) is 19.7. The average molecular weight is 472 g/mol. The largest absolute Gasteiger partial charge is 0.858 e. The van der Waals surface area contributed by atoms with Gasteiger partial charge in [-0.1, -0.05) is 91.0 Å². The minimum Gasteiger partial charge on any atom is -0.858 e. The van der Waals surface area contributed by atoms with Gasteiger partial charge in [-0.3, -0.25) is 4.79 Å². The Labute approximate surface area is 209 Å². The smallest absolute Gasteiger partial charge is 0.281 e. The first-order valence-electron chi connectivity index (χ1n) is 11.5. The van der Waals surface area contributed by atoms with E-state index in [0.29, 0.717) is 28.2 Å². The van der Waals surface area contributed by atoms with Crippen LogP contribution >= 0.6 is 0 Å². The summed E-state index contributed by atoms with van der Waals surface area (Å²) in [5.41, 5.74) is 4.56. The second kappa shape index (κ2) is 10.1. The van der Waals surface area contributed by atoms with Crippen molar-refractivity contribution in [1.29, 1.82) is 0 Å². The van der Waals surface area contributed by atoms with Crippen LogP contribution < -0.4 is 10.1 Å². The van der Waals surface area contributed by atoms with E-state index in [9.17, 15) is 9.90 Å². The van der Waals surface area contributed by atoms with Crippen LogP contribution in [-0.2, 0) is 4.79 Å². The number of carbonyl (C=O) groups excluding carboxylic acids is 1. The Kier molecular flexibility index (Phi) is 6.40. The van der Waals surface area contributed by atoms with Gasteiger partial charge in [-0.2, -0.15) is 15.2 Å². The SMILES string of the molecule is Cc1nn(-c2ccccc2)c([O-])c1/C=C/C=C/C=C1/C(=O)N(c2ccccc2)N=C1c1ccccc1. The molecule has 0 bridgehead atoms. The first-order valence-corrected chi connectivity index (χ1v) is 11.5. The molecule has 4 aromatic rings. The molecule has 0 radical (unpaired) electrons. The molecule has 6 heteroatoms. The van der Waals surface area contributed by atoms with E-state index in [-0.39, 0.29) is 11.8 Å². The zero-order chi connectivity index (χ0) is 24.9. The lowest BCUT2D eigenvalue weighted by Crippen LogP contribution is -2.21. The molecule has 0 fully saturated rings. The maximum absolute atomic E-state index is 13.2. The minimum absolute atomic E-state index is 0.176. The van der Waals surface area contributed by atoms with E-state index in [1.54, 1.807) is 30.4 Å². The lowest BCUT2D eigenvalue weighted by molar-refractivity contribution is -0.278. The Bertz CT molecular complexity index is 1500. The van der Waals surface area contributed by atoms with Crippen LogP contribution in [0.15, 0.2) is 126 Å². The number of para-hydroxylation sites is 2. The normalized spacial score (nSPS) is 14.9. The third-order valence-corrected chi connectivity index (χ3v) is 5.74. The Morgan fingerprint density at radius 1 is 0.778 bits per heavy atom. The molecular formula is C30H23N4O2-. The number of hydrazone groups is 1. The van der Waals surface area contributed by atoms with E-state index in [4.69, 9.17) is 0 Å². The number of amides is 1. The molecule has 176 valence electrons. The molecule has 3 aromatic carbocycles. The molecule has 0 N–H and O–H groups in total. The monoisotopic (exact) mass is 471 g/mol. The summed E-state index contributed by atoms with van der Waals surface area (Å²) in [6.07, 6.45) is 8.81. The Hall–Kier alpha value is -4.97. The van der Waals surface area contributed by atoms with Crippen LogP contribution in [0.1, 0.15) is 16.8 Å². The van der Waals surface area contributed by atoms with Crippen LogP contribution in [0.25, 0.3) is 11.8 Å². The molecule has 1 aliphatic heterocycles. The van der Waals surface area contributed by atoms with Crippen molar-refractivity contribution in [3.63, 3.8) is 0 Å². The summed E-state index contributed by atoms with van der Waals surface area (Å²) in [6, 6.07) is 28.3. The first kappa shape index (κ1) is 22.8. The van der Waals surface area contributed by atoms with E-state index in [1.807, 2.05) is 97.9 Å². The molecule has 0 aliphatic carbocycles. The van der Waals surface area contributed by atoms with Gasteiger partial charge in [-0.05, 0) is 43.1 Å². The summed E-state index contributed by atoms with van der Waals surface area (Å²) in [5, 5.41) is 23.2. The van der Waals surface area contributed by atoms with Crippen molar-refractivity contribution < 1.29 is 9.90 Å². The fourth-order valence-corrected chi connectivity index (χ4v) is 3.94. The number of anilines is 1. The number of aryl methyl sites for hydroxylation is 1. The molecular weight excluding hydrogens is 448 g/mol. The van der Waals surface area contributed by atoms with Crippen molar-refractivity contribution >= 4 is 23.4 Å². The van der Waals surface area contributed by atoms with Gasteiger partial charge in [0.05, 0.1) is 22.6 Å². The van der Waals surface area contributed by atoms with Crippen LogP contribution in [0.2, 0.25) is 0 Å². The Balaban J connectivity index is 1.40. The molecule has 0 spiro atoms. The Morgan fingerprint density at radius 2 is 1.39 bits per heavy atom. The Morgan fingerprint density at radius 3 is 2.06 bits per heavy atom. The number of carbonyl (C=O) groups is 1. The number of benzene rings is 3. The number of aromatic nitrogens is 2. The van der Waals surface area contributed by atoms with E-state index in [2.05, 4.69) is 10.2 Å². The van der Waals surface area contributed by atoms with Gasteiger partial charge in [0.1, 0.15) is 5.71 Å². The van der Waals surface area contributed by atoms with Gasteiger partial charge in [-0.25, -0.2) is 4.68 Å². The molecule has 5 rings (SSSR count). The van der Waals surface area contributed by atoms with Crippen LogP contribution in [0.4, 0.5) is 5.69 Å². The first-order chi connectivity index (χ1) is 17.6. The van der Waals surface area contributed by atoms with Crippen molar-refractivity contribution in [3.05, 3.63) is 138 Å². The summed E-state index contributed by atoms with van der Waals surface area (Å²) in [6.45, 7) is 1.81. The van der Waals surface area contributed by atoms with Crippen molar-refractivity contribution in [2.75, 3.05) is 5.01 Å². The van der Waals surface area contributed by atoms with Gasteiger partial charge in [0.15, 0.2) is 0 Å². The van der Waals surface area contributed by atoms with Crippen molar-refractivity contribution in [3.8, 4) is 11.6 Å². The highest BCUT2D eigenvalue weighted by Gasteiger charge is 2.31. The summed E-state index contributed by atoms with van der Waals surface area (Å²) >= 11 is 0. The molecule has 0 atom stereocenters. The second-order valence-electron chi connectivity index (χ2n) is 8.14. The summed E-state index contributed by atoms with van der Waals surface area (Å²) < 4.78 is 1.40. The number of allylic oxidation sites excluding steroid dienone is 4. The lowest BCUT2D eigenvalue weighted by Gasteiger charge is -2.11. The predicted molar refractivity (Wildman–Crippen MR) is 141 cm³/mol. The fraction of sp³-hybridized carbons (Fsp3) is 0.0333. The van der Waals surface area contributed by atoms with E-state index < -0.39 is 0 Å². The highest BCUT2D eigenvalue weighted by Crippen LogP contribution is 2.26. The topological polar surface area (TPSA) is 73.5 Å². The molecule has 6 nitrogen and oxygen atoms in total. The van der Waals surface area contributed by atoms with Gasteiger partial charge < -0.3 is 5.11 Å². The second-order valence-corrected chi connectivity index (χ2v) is 8.14. The molecule has 0 unspecified atom stereocenters. The van der Waals surface area contributed by atoms with Crippen LogP contribution in [0.3, 0.4) is 0 Å². The number of hydrogen-bond donors (Lipinski definition) is 0. The molecule has 1 amide bonds. The van der Waals surface area contributed by atoms with E-state index in [0.717, 1.165) is 11.3 Å². The quantitative estimate of drug-likeness (QED) is 0.287. The van der Waals surface area contributed by atoms with Crippen molar-refractivity contribution in [2.24, 2.45) is 5.10 Å². The summed E-state index contributed by atoms with van der Waals surface area (Å²) in [7, 11) is 0. The standard InChI is InChI=1S/C30H24N4O2/c1-22-26(29(35)33(31-22)24-16-8-3-9-17-24)20-12-5-13-21-27-28(23-14-6-2-7-15-23)32-34(30(27)36)25-18-10-4-11-19-25/h2-21,35H,1H3/p-1/b13-5+,20-12+,27-21+. The van der Waals surface area contributed by atoms with Gasteiger partial charge in [0.25, 0.3) is 5.91 Å². The number of rotatable bonds is 6. The molecule has 1 aromatic heterocycles. The van der Waals surface area contributed by atoms with Crippen molar-refractivity contribution in [1.82, 2.24) is 9.78 Å². The van der Waals surface area contributed by atoms with Gasteiger partial charge in [-0.15, -0.1) is 0 Å². The van der Waals surface area contributed by atoms with E-state index >= 15 is 0 Å². The van der Waals surface area contributed by atoms with E-state index in [1.165, 1.54) is 9.69 Å². The lowest BCUT2D eigenvalue weighted by atomic mass is 10.0. The minimum atomic E-state index is -0.199. The highest BCUT2D eigenvalue weighted by molar-refractivity contribution is 6.35. The average Bonchev–Trinajstić information content (AvgIpc) is 3.40. The van der Waals surface area contributed by atoms with Gasteiger partial charge in [0.2, 0.25) is 0 Å². The third-order valence-electron chi connectivity index (χ3n) is 5.74. The summed E-state index contributed by atoms with van der Waals surface area (Å²) in [4.78, 5) is 13.2. The third kappa shape index (κ3) is 4.52.